The summed E-state index contributed by atoms with van der Waals surface area (Å²) < 4.78 is 5.25. The Morgan fingerprint density at radius 1 is 1.28 bits per heavy atom. The SMILES string of the molecule is CCN(CC)CC(N)c1noc(CC(C)(C)C)n1. The molecule has 18 heavy (non-hydrogen) atoms. The lowest BCUT2D eigenvalue weighted by atomic mass is 9.92. The smallest absolute Gasteiger partial charge is 0.227 e. The van der Waals surface area contributed by atoms with Crippen molar-refractivity contribution >= 4 is 0 Å². The lowest BCUT2D eigenvalue weighted by molar-refractivity contribution is 0.276. The highest BCUT2D eigenvalue weighted by atomic mass is 16.5. The Morgan fingerprint density at radius 2 is 1.89 bits per heavy atom. The molecule has 1 unspecified atom stereocenters. The number of likely N-dealkylation sites (N-methyl/N-ethyl adjacent to an activating group) is 1. The van der Waals surface area contributed by atoms with Crippen LogP contribution in [0.5, 0.6) is 0 Å². The zero-order chi connectivity index (χ0) is 13.8. The maximum absolute atomic E-state index is 6.10. The van der Waals surface area contributed by atoms with Gasteiger partial charge in [-0.3, -0.25) is 0 Å². The van der Waals surface area contributed by atoms with Crippen LogP contribution in [-0.2, 0) is 6.42 Å². The quantitative estimate of drug-likeness (QED) is 0.841. The van der Waals surface area contributed by atoms with Gasteiger partial charge >= 0.3 is 0 Å². The molecule has 0 spiro atoms. The summed E-state index contributed by atoms with van der Waals surface area (Å²) in [7, 11) is 0. The summed E-state index contributed by atoms with van der Waals surface area (Å²) in [6.45, 7) is 13.4. The Labute approximate surface area is 110 Å². The van der Waals surface area contributed by atoms with Gasteiger partial charge in [-0.15, -0.1) is 0 Å². The summed E-state index contributed by atoms with van der Waals surface area (Å²) in [6.07, 6.45) is 0.776. The van der Waals surface area contributed by atoms with E-state index in [4.69, 9.17) is 10.3 Å². The number of aromatic nitrogens is 2. The van der Waals surface area contributed by atoms with Crippen LogP contribution < -0.4 is 5.73 Å². The predicted octanol–water partition coefficient (Wildman–Crippen LogP) is 2.00. The van der Waals surface area contributed by atoms with Gasteiger partial charge in [0.1, 0.15) is 0 Å². The van der Waals surface area contributed by atoms with E-state index in [1.165, 1.54) is 0 Å². The number of rotatable bonds is 6. The molecule has 0 saturated heterocycles. The molecule has 0 radical (unpaired) electrons. The fourth-order valence-corrected chi connectivity index (χ4v) is 1.79. The van der Waals surface area contributed by atoms with Crippen LogP contribution in [0.15, 0.2) is 4.52 Å². The van der Waals surface area contributed by atoms with Crippen molar-refractivity contribution in [1.82, 2.24) is 15.0 Å². The van der Waals surface area contributed by atoms with Crippen LogP contribution >= 0.6 is 0 Å². The molecule has 5 heteroatoms. The van der Waals surface area contributed by atoms with Crippen molar-refractivity contribution < 1.29 is 4.52 Å². The molecule has 5 nitrogen and oxygen atoms in total. The van der Waals surface area contributed by atoms with Crippen LogP contribution in [0, 0.1) is 5.41 Å². The average molecular weight is 254 g/mol. The second-order valence-corrected chi connectivity index (χ2v) is 5.88. The van der Waals surface area contributed by atoms with Crippen molar-refractivity contribution in [3.05, 3.63) is 11.7 Å². The summed E-state index contributed by atoms with van der Waals surface area (Å²) in [5, 5.41) is 3.98. The third-order valence-electron chi connectivity index (χ3n) is 2.85. The van der Waals surface area contributed by atoms with Crippen molar-refractivity contribution in [2.45, 2.75) is 47.1 Å². The summed E-state index contributed by atoms with van der Waals surface area (Å²) in [5.41, 5.74) is 6.24. The molecular formula is C13H26N4O. The summed E-state index contributed by atoms with van der Waals surface area (Å²) in [5.74, 6) is 1.29. The van der Waals surface area contributed by atoms with Gasteiger partial charge in [-0.25, -0.2) is 0 Å². The lowest BCUT2D eigenvalue weighted by Gasteiger charge is -2.20. The summed E-state index contributed by atoms with van der Waals surface area (Å²) >= 11 is 0. The average Bonchev–Trinajstić information content (AvgIpc) is 2.71. The van der Waals surface area contributed by atoms with Crippen LogP contribution in [0.1, 0.15) is 52.4 Å². The van der Waals surface area contributed by atoms with Crippen LogP contribution in [0.4, 0.5) is 0 Å². The van der Waals surface area contributed by atoms with E-state index in [9.17, 15) is 0 Å². The highest BCUT2D eigenvalue weighted by molar-refractivity contribution is 4.95. The molecule has 1 aromatic rings. The van der Waals surface area contributed by atoms with E-state index in [2.05, 4.69) is 49.7 Å². The predicted molar refractivity (Wildman–Crippen MR) is 72.2 cm³/mol. The van der Waals surface area contributed by atoms with Crippen molar-refractivity contribution in [2.75, 3.05) is 19.6 Å². The minimum Gasteiger partial charge on any atom is -0.339 e. The van der Waals surface area contributed by atoms with Gasteiger partial charge in [-0.2, -0.15) is 4.98 Å². The van der Waals surface area contributed by atoms with E-state index in [0.29, 0.717) is 11.7 Å². The Bertz CT molecular complexity index is 352. The standard InChI is InChI=1S/C13H26N4O/c1-6-17(7-2)9-10(14)12-15-11(18-16-12)8-13(3,4)5/h10H,6-9,14H2,1-5H3. The van der Waals surface area contributed by atoms with Crippen LogP contribution in [-0.4, -0.2) is 34.7 Å². The van der Waals surface area contributed by atoms with E-state index in [1.807, 2.05) is 0 Å². The Kier molecular flexibility index (Phi) is 5.28. The third kappa shape index (κ3) is 4.74. The van der Waals surface area contributed by atoms with Crippen LogP contribution in [0.3, 0.4) is 0 Å². The van der Waals surface area contributed by atoms with Gasteiger partial charge in [0.2, 0.25) is 5.89 Å². The molecule has 0 amide bonds. The molecule has 0 aliphatic heterocycles. The van der Waals surface area contributed by atoms with Crippen molar-refractivity contribution in [2.24, 2.45) is 11.1 Å². The molecule has 2 N–H and O–H groups in total. The van der Waals surface area contributed by atoms with Crippen LogP contribution in [0.2, 0.25) is 0 Å². The maximum Gasteiger partial charge on any atom is 0.227 e. The first-order valence-corrected chi connectivity index (χ1v) is 6.66. The molecule has 0 fully saturated rings. The number of hydrogen-bond acceptors (Lipinski definition) is 5. The second-order valence-electron chi connectivity index (χ2n) is 5.88. The zero-order valence-corrected chi connectivity index (χ0v) is 12.2. The topological polar surface area (TPSA) is 68.2 Å². The van der Waals surface area contributed by atoms with Gasteiger partial charge in [0, 0.05) is 13.0 Å². The van der Waals surface area contributed by atoms with Crippen molar-refractivity contribution in [1.29, 1.82) is 0 Å². The van der Waals surface area contributed by atoms with Gasteiger partial charge in [-0.05, 0) is 18.5 Å². The minimum absolute atomic E-state index is 0.146. The molecule has 0 saturated carbocycles. The molecule has 1 rings (SSSR count). The third-order valence-corrected chi connectivity index (χ3v) is 2.85. The second kappa shape index (κ2) is 6.29. The fraction of sp³-hybridized carbons (Fsp3) is 0.846. The Morgan fingerprint density at radius 3 is 2.39 bits per heavy atom. The Balaban J connectivity index is 2.62. The first-order valence-electron chi connectivity index (χ1n) is 6.66. The van der Waals surface area contributed by atoms with Crippen molar-refractivity contribution in [3.63, 3.8) is 0 Å². The Hall–Kier alpha value is -0.940. The lowest BCUT2D eigenvalue weighted by Crippen LogP contribution is -2.32. The van der Waals surface area contributed by atoms with Crippen LogP contribution in [0.25, 0.3) is 0 Å². The molecule has 0 aromatic carbocycles. The number of hydrogen-bond donors (Lipinski definition) is 1. The number of nitrogens with two attached hydrogens (primary N) is 1. The minimum atomic E-state index is -0.178. The summed E-state index contributed by atoms with van der Waals surface area (Å²) in [6, 6.07) is -0.178. The van der Waals surface area contributed by atoms with Gasteiger partial charge in [0.25, 0.3) is 0 Å². The molecular weight excluding hydrogens is 228 g/mol. The van der Waals surface area contributed by atoms with E-state index < -0.39 is 0 Å². The van der Waals surface area contributed by atoms with Gasteiger partial charge in [0.15, 0.2) is 5.82 Å². The zero-order valence-electron chi connectivity index (χ0n) is 12.2. The largest absolute Gasteiger partial charge is 0.339 e. The maximum atomic E-state index is 6.10. The number of nitrogens with zero attached hydrogens (tertiary/aromatic N) is 3. The van der Waals surface area contributed by atoms with E-state index in [1.54, 1.807) is 0 Å². The van der Waals surface area contributed by atoms with E-state index in [-0.39, 0.29) is 11.5 Å². The molecule has 0 aliphatic carbocycles. The van der Waals surface area contributed by atoms with E-state index >= 15 is 0 Å². The molecule has 1 atom stereocenters. The molecule has 1 heterocycles. The van der Waals surface area contributed by atoms with Gasteiger partial charge in [0.05, 0.1) is 6.04 Å². The molecule has 1 aromatic heterocycles. The normalized spacial score (nSPS) is 14.2. The molecule has 104 valence electrons. The van der Waals surface area contributed by atoms with Gasteiger partial charge in [-0.1, -0.05) is 39.8 Å². The molecule has 0 bridgehead atoms. The highest BCUT2D eigenvalue weighted by Gasteiger charge is 2.20. The summed E-state index contributed by atoms with van der Waals surface area (Å²) in [4.78, 5) is 6.64. The fourth-order valence-electron chi connectivity index (χ4n) is 1.79. The van der Waals surface area contributed by atoms with Gasteiger partial charge < -0.3 is 15.2 Å². The molecule has 0 aliphatic rings. The first kappa shape index (κ1) is 15.1. The highest BCUT2D eigenvalue weighted by Crippen LogP contribution is 2.20. The van der Waals surface area contributed by atoms with Crippen molar-refractivity contribution in [3.8, 4) is 0 Å². The first-order chi connectivity index (χ1) is 8.35. The van der Waals surface area contributed by atoms with E-state index in [0.717, 1.165) is 26.1 Å². The monoisotopic (exact) mass is 254 g/mol.